The summed E-state index contributed by atoms with van der Waals surface area (Å²) in [5.41, 5.74) is -0.336. The first-order valence-corrected chi connectivity index (χ1v) is 8.12. The van der Waals surface area contributed by atoms with Crippen molar-refractivity contribution in [2.45, 2.75) is 64.0 Å². The zero-order valence-electron chi connectivity index (χ0n) is 13.5. The summed E-state index contributed by atoms with van der Waals surface area (Å²) in [4.78, 5) is 2.35. The molecule has 0 bridgehead atoms. The van der Waals surface area contributed by atoms with E-state index in [1.165, 1.54) is 19.3 Å². The molecule has 4 heteroatoms. The number of nitrogens with zero attached hydrogens (tertiary/aromatic N) is 2. The number of likely N-dealkylation sites (N-methyl/N-ethyl adjacent to an activating group) is 1. The van der Waals surface area contributed by atoms with Gasteiger partial charge >= 0.3 is 0 Å². The number of hydrogen-bond donors (Lipinski definition) is 1. The van der Waals surface area contributed by atoms with Crippen LogP contribution in [0.1, 0.15) is 52.4 Å². The summed E-state index contributed by atoms with van der Waals surface area (Å²) < 4.78 is 5.77. The second-order valence-corrected chi connectivity index (χ2v) is 5.93. The minimum absolute atomic E-state index is 0.336. The molecule has 0 saturated carbocycles. The fourth-order valence-electron chi connectivity index (χ4n) is 2.94. The molecule has 2 atom stereocenters. The van der Waals surface area contributed by atoms with E-state index in [9.17, 15) is 5.26 Å². The van der Waals surface area contributed by atoms with Crippen LogP contribution in [-0.4, -0.2) is 49.8 Å². The Morgan fingerprint density at radius 1 is 1.40 bits per heavy atom. The van der Waals surface area contributed by atoms with Crippen LogP contribution < -0.4 is 5.32 Å². The van der Waals surface area contributed by atoms with Crippen LogP contribution in [0, 0.1) is 11.3 Å². The van der Waals surface area contributed by atoms with Gasteiger partial charge in [0.15, 0.2) is 0 Å². The summed E-state index contributed by atoms with van der Waals surface area (Å²) in [6.45, 7) is 7.99. The molecule has 2 unspecified atom stereocenters. The highest BCUT2D eigenvalue weighted by Gasteiger charge is 2.26. The van der Waals surface area contributed by atoms with Crippen LogP contribution in [0.15, 0.2) is 0 Å². The molecule has 1 saturated heterocycles. The maximum atomic E-state index is 9.39. The lowest BCUT2D eigenvalue weighted by Gasteiger charge is -2.29. The van der Waals surface area contributed by atoms with Gasteiger partial charge < -0.3 is 9.64 Å². The molecular weight excluding hydrogens is 250 g/mol. The molecule has 1 aliphatic heterocycles. The molecule has 1 N–H and O–H groups in total. The SMILES string of the molecule is CCNC(C#N)(CC)CCCN(C)CC1CCCCO1. The standard InChI is InChI=1S/C16H31N3O/c1-4-16(14-17,18-5-2)10-8-11-19(3)13-15-9-6-7-12-20-15/h15,18H,4-13H2,1-3H3. The molecule has 0 aliphatic carbocycles. The van der Waals surface area contributed by atoms with Gasteiger partial charge in [-0.3, -0.25) is 5.32 Å². The average molecular weight is 281 g/mol. The fraction of sp³-hybridized carbons (Fsp3) is 0.938. The van der Waals surface area contributed by atoms with Crippen molar-refractivity contribution in [1.82, 2.24) is 10.2 Å². The van der Waals surface area contributed by atoms with Crippen LogP contribution in [0.2, 0.25) is 0 Å². The first-order valence-electron chi connectivity index (χ1n) is 8.12. The zero-order chi connectivity index (χ0) is 14.8. The first-order chi connectivity index (χ1) is 9.65. The molecule has 1 fully saturated rings. The van der Waals surface area contributed by atoms with Crippen LogP contribution in [0.3, 0.4) is 0 Å². The van der Waals surface area contributed by atoms with E-state index < -0.39 is 0 Å². The summed E-state index contributed by atoms with van der Waals surface area (Å²) in [5, 5.41) is 12.7. The third-order valence-corrected chi connectivity index (χ3v) is 4.27. The Morgan fingerprint density at radius 3 is 2.75 bits per heavy atom. The highest BCUT2D eigenvalue weighted by atomic mass is 16.5. The van der Waals surface area contributed by atoms with Gasteiger partial charge in [0.1, 0.15) is 5.54 Å². The van der Waals surface area contributed by atoms with Gasteiger partial charge in [-0.15, -0.1) is 0 Å². The predicted octanol–water partition coefficient (Wildman–Crippen LogP) is 2.55. The third kappa shape index (κ3) is 5.78. The molecule has 1 heterocycles. The summed E-state index contributed by atoms with van der Waals surface area (Å²) in [6, 6.07) is 2.47. The van der Waals surface area contributed by atoms with Crippen LogP contribution in [0.25, 0.3) is 0 Å². The molecule has 116 valence electrons. The number of rotatable bonds is 9. The normalized spacial score (nSPS) is 22.4. The van der Waals surface area contributed by atoms with E-state index in [1.807, 2.05) is 0 Å². The van der Waals surface area contributed by atoms with Gasteiger partial charge in [0.2, 0.25) is 0 Å². The monoisotopic (exact) mass is 281 g/mol. The van der Waals surface area contributed by atoms with Crippen molar-refractivity contribution in [1.29, 1.82) is 5.26 Å². The van der Waals surface area contributed by atoms with E-state index in [-0.39, 0.29) is 5.54 Å². The highest BCUT2D eigenvalue weighted by Crippen LogP contribution is 2.17. The average Bonchev–Trinajstić information content (AvgIpc) is 2.47. The summed E-state index contributed by atoms with van der Waals surface area (Å²) in [5.74, 6) is 0. The Balaban J connectivity index is 2.25. The van der Waals surface area contributed by atoms with Gasteiger partial charge in [0.05, 0.1) is 12.2 Å². The maximum absolute atomic E-state index is 9.39. The first kappa shape index (κ1) is 17.4. The van der Waals surface area contributed by atoms with Gasteiger partial charge in [-0.25, -0.2) is 0 Å². The van der Waals surface area contributed by atoms with E-state index >= 15 is 0 Å². The van der Waals surface area contributed by atoms with Crippen molar-refractivity contribution < 1.29 is 4.74 Å². The number of nitrogens with one attached hydrogen (secondary N) is 1. The van der Waals surface area contributed by atoms with Gasteiger partial charge in [0, 0.05) is 13.2 Å². The molecule has 20 heavy (non-hydrogen) atoms. The molecule has 4 nitrogen and oxygen atoms in total. The highest BCUT2D eigenvalue weighted by molar-refractivity contribution is 5.05. The molecule has 0 radical (unpaired) electrons. The maximum Gasteiger partial charge on any atom is 0.106 e. The minimum atomic E-state index is -0.336. The van der Waals surface area contributed by atoms with Crippen molar-refractivity contribution in [3.63, 3.8) is 0 Å². The largest absolute Gasteiger partial charge is 0.377 e. The topological polar surface area (TPSA) is 48.3 Å². The summed E-state index contributed by atoms with van der Waals surface area (Å²) in [7, 11) is 2.16. The van der Waals surface area contributed by atoms with Crippen LogP contribution in [-0.2, 0) is 4.74 Å². The van der Waals surface area contributed by atoms with Gasteiger partial charge in [-0.1, -0.05) is 13.8 Å². The van der Waals surface area contributed by atoms with Crippen LogP contribution >= 0.6 is 0 Å². The van der Waals surface area contributed by atoms with E-state index in [4.69, 9.17) is 4.74 Å². The second-order valence-electron chi connectivity index (χ2n) is 5.93. The number of nitriles is 1. The Bertz CT molecular complexity index is 297. The van der Waals surface area contributed by atoms with Gasteiger partial charge in [0.25, 0.3) is 0 Å². The minimum Gasteiger partial charge on any atom is -0.377 e. The van der Waals surface area contributed by atoms with Gasteiger partial charge in [-0.05, 0) is 58.7 Å². The summed E-state index contributed by atoms with van der Waals surface area (Å²) >= 11 is 0. The zero-order valence-corrected chi connectivity index (χ0v) is 13.5. The number of ether oxygens (including phenoxy) is 1. The third-order valence-electron chi connectivity index (χ3n) is 4.27. The fourth-order valence-corrected chi connectivity index (χ4v) is 2.94. The lowest BCUT2D eigenvalue weighted by atomic mass is 9.92. The molecular formula is C16H31N3O. The van der Waals surface area contributed by atoms with Crippen molar-refractivity contribution >= 4 is 0 Å². The van der Waals surface area contributed by atoms with Crippen LogP contribution in [0.5, 0.6) is 0 Å². The van der Waals surface area contributed by atoms with E-state index in [2.05, 4.69) is 37.2 Å². The van der Waals surface area contributed by atoms with Crippen molar-refractivity contribution in [3.05, 3.63) is 0 Å². The molecule has 0 spiro atoms. The molecule has 0 aromatic heterocycles. The molecule has 1 rings (SSSR count). The summed E-state index contributed by atoms with van der Waals surface area (Å²) in [6.07, 6.45) is 6.96. The quantitative estimate of drug-likeness (QED) is 0.705. The Morgan fingerprint density at radius 2 is 2.20 bits per heavy atom. The smallest absolute Gasteiger partial charge is 0.106 e. The van der Waals surface area contributed by atoms with Crippen molar-refractivity contribution in [2.24, 2.45) is 0 Å². The van der Waals surface area contributed by atoms with E-state index in [0.29, 0.717) is 6.10 Å². The molecule has 0 aromatic rings. The van der Waals surface area contributed by atoms with Crippen molar-refractivity contribution in [2.75, 3.05) is 33.3 Å². The van der Waals surface area contributed by atoms with E-state index in [1.54, 1.807) is 0 Å². The van der Waals surface area contributed by atoms with Crippen LogP contribution in [0.4, 0.5) is 0 Å². The lowest BCUT2D eigenvalue weighted by molar-refractivity contribution is -0.00175. The lowest BCUT2D eigenvalue weighted by Crippen LogP contribution is -2.44. The number of hydrogen-bond acceptors (Lipinski definition) is 4. The van der Waals surface area contributed by atoms with E-state index in [0.717, 1.165) is 45.5 Å². The Labute approximate surface area is 124 Å². The Kier molecular flexibility index (Phi) is 8.13. The Hall–Kier alpha value is -0.630. The molecule has 0 amide bonds. The predicted molar refractivity (Wildman–Crippen MR) is 82.6 cm³/mol. The van der Waals surface area contributed by atoms with Crippen molar-refractivity contribution in [3.8, 4) is 6.07 Å². The molecule has 1 aliphatic rings. The molecule has 0 aromatic carbocycles. The second kappa shape index (κ2) is 9.33. The van der Waals surface area contributed by atoms with Gasteiger partial charge in [-0.2, -0.15) is 5.26 Å².